The van der Waals surface area contributed by atoms with E-state index in [2.05, 4.69) is 45.1 Å². The summed E-state index contributed by atoms with van der Waals surface area (Å²) in [6, 6.07) is 18.5. The van der Waals surface area contributed by atoms with Gasteiger partial charge < -0.3 is 15.8 Å². The highest BCUT2D eigenvalue weighted by Gasteiger charge is 2.16. The highest BCUT2D eigenvalue weighted by molar-refractivity contribution is 7.15. The number of aromatic nitrogens is 3. The Hall–Kier alpha value is -3.56. The molecule has 9 heteroatoms. The molecule has 0 bridgehead atoms. The maximum Gasteiger partial charge on any atom is 0.232 e. The third-order valence-electron chi connectivity index (χ3n) is 5.26. The number of halogens is 1. The molecule has 0 radical (unpaired) electrons. The molecule has 176 valence electrons. The van der Waals surface area contributed by atoms with Crippen molar-refractivity contribution in [2.75, 3.05) is 18.2 Å². The van der Waals surface area contributed by atoms with Crippen molar-refractivity contribution in [2.45, 2.75) is 33.0 Å². The van der Waals surface area contributed by atoms with E-state index in [9.17, 15) is 4.39 Å². The standard InChI is InChI=1S/C25H27FN6OS/c1-16(2)32(14-19-11-12-22(34-19)17-7-6-8-18(26)13-17)15-23-29-24(27)31-25(30-23)28-20-9-4-5-10-21(20)33-3/h4-13,16H,14-15H2,1-3H3,(H3,27,28,29,30,31). The molecule has 34 heavy (non-hydrogen) atoms. The van der Waals surface area contributed by atoms with Gasteiger partial charge in [-0.25, -0.2) is 4.39 Å². The summed E-state index contributed by atoms with van der Waals surface area (Å²) >= 11 is 1.65. The topological polar surface area (TPSA) is 89.2 Å². The predicted octanol–water partition coefficient (Wildman–Crippen LogP) is 5.48. The zero-order valence-corrected chi connectivity index (χ0v) is 20.1. The smallest absolute Gasteiger partial charge is 0.232 e. The second-order valence-electron chi connectivity index (χ2n) is 8.03. The molecular formula is C25H27FN6OS. The van der Waals surface area contributed by atoms with Crippen molar-refractivity contribution in [3.05, 3.63) is 77.2 Å². The first-order chi connectivity index (χ1) is 16.4. The molecule has 0 aliphatic rings. The number of rotatable bonds is 9. The third kappa shape index (κ3) is 5.86. The number of hydrogen-bond acceptors (Lipinski definition) is 8. The zero-order chi connectivity index (χ0) is 24.1. The van der Waals surface area contributed by atoms with Crippen LogP contribution in [0.2, 0.25) is 0 Å². The molecule has 2 aromatic carbocycles. The Morgan fingerprint density at radius 1 is 1.03 bits per heavy atom. The minimum absolute atomic E-state index is 0.149. The number of nitrogens with two attached hydrogens (primary N) is 1. The molecule has 0 saturated carbocycles. The maximum absolute atomic E-state index is 13.6. The number of ether oxygens (including phenoxy) is 1. The van der Waals surface area contributed by atoms with E-state index in [0.29, 0.717) is 30.6 Å². The molecule has 0 fully saturated rings. The predicted molar refractivity (Wildman–Crippen MR) is 135 cm³/mol. The molecule has 4 aromatic rings. The van der Waals surface area contributed by atoms with E-state index in [-0.39, 0.29) is 17.8 Å². The van der Waals surface area contributed by atoms with Crippen LogP contribution in [0.4, 0.5) is 22.0 Å². The van der Waals surface area contributed by atoms with E-state index in [4.69, 9.17) is 10.5 Å². The number of para-hydroxylation sites is 2. The molecule has 0 unspecified atom stereocenters. The van der Waals surface area contributed by atoms with Gasteiger partial charge in [-0.15, -0.1) is 11.3 Å². The molecule has 0 aliphatic heterocycles. The fourth-order valence-electron chi connectivity index (χ4n) is 3.50. The lowest BCUT2D eigenvalue weighted by atomic mass is 10.2. The summed E-state index contributed by atoms with van der Waals surface area (Å²) in [5.41, 5.74) is 7.61. The highest BCUT2D eigenvalue weighted by Crippen LogP contribution is 2.30. The summed E-state index contributed by atoms with van der Waals surface area (Å²) < 4.78 is 19.0. The Labute approximate surface area is 202 Å². The van der Waals surface area contributed by atoms with Gasteiger partial charge in [0.1, 0.15) is 17.4 Å². The van der Waals surface area contributed by atoms with Gasteiger partial charge in [-0.3, -0.25) is 4.90 Å². The number of nitrogens with one attached hydrogen (secondary N) is 1. The summed E-state index contributed by atoms with van der Waals surface area (Å²) in [5, 5.41) is 3.17. The van der Waals surface area contributed by atoms with Crippen LogP contribution in [0.15, 0.2) is 60.7 Å². The van der Waals surface area contributed by atoms with Crippen LogP contribution < -0.4 is 15.8 Å². The minimum Gasteiger partial charge on any atom is -0.495 e. The maximum atomic E-state index is 13.6. The van der Waals surface area contributed by atoms with Gasteiger partial charge in [0, 0.05) is 22.3 Å². The van der Waals surface area contributed by atoms with Crippen LogP contribution in [0.25, 0.3) is 10.4 Å². The molecule has 2 heterocycles. The molecule has 3 N–H and O–H groups in total. The fourth-order valence-corrected chi connectivity index (χ4v) is 4.53. The monoisotopic (exact) mass is 478 g/mol. The van der Waals surface area contributed by atoms with Crippen LogP contribution in [0.5, 0.6) is 5.75 Å². The summed E-state index contributed by atoms with van der Waals surface area (Å²) in [6.07, 6.45) is 0. The van der Waals surface area contributed by atoms with Gasteiger partial charge >= 0.3 is 0 Å². The van der Waals surface area contributed by atoms with Crippen LogP contribution >= 0.6 is 11.3 Å². The van der Waals surface area contributed by atoms with Gasteiger partial charge in [0.2, 0.25) is 11.9 Å². The van der Waals surface area contributed by atoms with Crippen molar-refractivity contribution in [1.29, 1.82) is 0 Å². The highest BCUT2D eigenvalue weighted by atomic mass is 32.1. The van der Waals surface area contributed by atoms with Gasteiger partial charge in [-0.05, 0) is 55.8 Å². The number of thiophene rings is 1. The molecule has 0 atom stereocenters. The Balaban J connectivity index is 1.51. The van der Waals surface area contributed by atoms with E-state index in [0.717, 1.165) is 16.1 Å². The number of nitrogens with zero attached hydrogens (tertiary/aromatic N) is 4. The summed E-state index contributed by atoms with van der Waals surface area (Å²) in [5.74, 6) is 1.52. The lowest BCUT2D eigenvalue weighted by Crippen LogP contribution is -2.30. The first-order valence-electron chi connectivity index (χ1n) is 10.9. The quantitative estimate of drug-likeness (QED) is 0.329. The van der Waals surface area contributed by atoms with Gasteiger partial charge in [0.05, 0.1) is 19.3 Å². The average molecular weight is 479 g/mol. The van der Waals surface area contributed by atoms with Gasteiger partial charge in [-0.1, -0.05) is 24.3 Å². The molecular weight excluding hydrogens is 451 g/mol. The second kappa shape index (κ2) is 10.6. The van der Waals surface area contributed by atoms with Crippen molar-refractivity contribution in [2.24, 2.45) is 0 Å². The van der Waals surface area contributed by atoms with Crippen molar-refractivity contribution in [3.8, 4) is 16.2 Å². The summed E-state index contributed by atoms with van der Waals surface area (Å²) in [6.45, 7) is 5.45. The van der Waals surface area contributed by atoms with E-state index in [1.165, 1.54) is 10.9 Å². The first kappa shape index (κ1) is 23.6. The minimum atomic E-state index is -0.235. The average Bonchev–Trinajstić information content (AvgIpc) is 3.27. The van der Waals surface area contributed by atoms with Gasteiger partial charge in [0.25, 0.3) is 0 Å². The van der Waals surface area contributed by atoms with E-state index >= 15 is 0 Å². The Kier molecular flexibility index (Phi) is 7.34. The molecule has 0 amide bonds. The lowest BCUT2D eigenvalue weighted by Gasteiger charge is -2.25. The van der Waals surface area contributed by atoms with Gasteiger partial charge in [0.15, 0.2) is 0 Å². The van der Waals surface area contributed by atoms with Crippen molar-refractivity contribution in [3.63, 3.8) is 0 Å². The summed E-state index contributed by atoms with van der Waals surface area (Å²) in [4.78, 5) is 17.6. The second-order valence-corrected chi connectivity index (χ2v) is 9.20. The van der Waals surface area contributed by atoms with Crippen LogP contribution in [0, 0.1) is 5.82 Å². The number of hydrogen-bond donors (Lipinski definition) is 2. The fraction of sp³-hybridized carbons (Fsp3) is 0.240. The zero-order valence-electron chi connectivity index (χ0n) is 19.3. The van der Waals surface area contributed by atoms with Crippen LogP contribution in [0.3, 0.4) is 0 Å². The number of nitrogen functional groups attached to an aromatic ring is 1. The molecule has 2 aromatic heterocycles. The van der Waals surface area contributed by atoms with Crippen molar-refractivity contribution >= 4 is 28.9 Å². The lowest BCUT2D eigenvalue weighted by molar-refractivity contribution is 0.200. The number of benzene rings is 2. The SMILES string of the molecule is COc1ccccc1Nc1nc(N)nc(CN(Cc2ccc(-c3cccc(F)c3)s2)C(C)C)n1. The van der Waals surface area contributed by atoms with Crippen LogP contribution in [-0.4, -0.2) is 33.0 Å². The molecule has 7 nitrogen and oxygen atoms in total. The molecule has 0 aliphatic carbocycles. The van der Waals surface area contributed by atoms with Crippen LogP contribution in [-0.2, 0) is 13.1 Å². The third-order valence-corrected chi connectivity index (χ3v) is 6.38. The largest absolute Gasteiger partial charge is 0.495 e. The molecule has 0 saturated heterocycles. The Morgan fingerprint density at radius 3 is 2.62 bits per heavy atom. The molecule has 4 rings (SSSR count). The Morgan fingerprint density at radius 2 is 1.85 bits per heavy atom. The Bertz CT molecular complexity index is 1260. The van der Waals surface area contributed by atoms with Crippen molar-refractivity contribution < 1.29 is 9.13 Å². The first-order valence-corrected chi connectivity index (χ1v) is 11.7. The molecule has 0 spiro atoms. The van der Waals surface area contributed by atoms with Gasteiger partial charge in [-0.2, -0.15) is 15.0 Å². The number of anilines is 3. The number of methoxy groups -OCH3 is 1. The van der Waals surface area contributed by atoms with E-state index < -0.39 is 0 Å². The van der Waals surface area contributed by atoms with Crippen LogP contribution in [0.1, 0.15) is 24.5 Å². The summed E-state index contributed by atoms with van der Waals surface area (Å²) in [7, 11) is 1.61. The van der Waals surface area contributed by atoms with Crippen molar-refractivity contribution in [1.82, 2.24) is 19.9 Å². The normalized spacial score (nSPS) is 11.2. The van der Waals surface area contributed by atoms with E-state index in [1.807, 2.05) is 36.4 Å². The van der Waals surface area contributed by atoms with E-state index in [1.54, 1.807) is 30.6 Å².